The van der Waals surface area contributed by atoms with Gasteiger partial charge in [0.05, 0.1) is 37.0 Å². The van der Waals surface area contributed by atoms with Gasteiger partial charge in [0.15, 0.2) is 0 Å². The van der Waals surface area contributed by atoms with Crippen molar-refractivity contribution in [3.63, 3.8) is 0 Å². The summed E-state index contributed by atoms with van der Waals surface area (Å²) in [5.41, 5.74) is -1.36. The Bertz CT molecular complexity index is 431. The Balaban J connectivity index is 1.94. The highest BCUT2D eigenvalue weighted by Crippen LogP contribution is 2.34. The van der Waals surface area contributed by atoms with Gasteiger partial charge in [-0.3, -0.25) is 0 Å². The van der Waals surface area contributed by atoms with E-state index in [-0.39, 0.29) is 25.0 Å². The molecule has 0 saturated carbocycles. The Morgan fingerprint density at radius 1 is 0.960 bits per heavy atom. The molecule has 0 aromatic carbocycles. The average Bonchev–Trinajstić information content (AvgIpc) is 2.86. The van der Waals surface area contributed by atoms with Crippen LogP contribution < -0.4 is 0 Å². The summed E-state index contributed by atoms with van der Waals surface area (Å²) in [6.45, 7) is -0.793. The van der Waals surface area contributed by atoms with E-state index in [0.717, 1.165) is 0 Å². The number of aliphatic hydroxyl groups excluding tert-OH is 5. The van der Waals surface area contributed by atoms with Gasteiger partial charge in [-0.25, -0.2) is 0 Å². The van der Waals surface area contributed by atoms with Gasteiger partial charge in [0.25, 0.3) is 0 Å². The number of rotatable bonds is 7. The molecule has 0 amide bonds. The van der Waals surface area contributed by atoms with E-state index in [9.17, 15) is 25.5 Å². The van der Waals surface area contributed by atoms with Crippen molar-refractivity contribution in [2.75, 3.05) is 31.6 Å². The lowest BCUT2D eigenvalue weighted by atomic mass is 9.96. The summed E-state index contributed by atoms with van der Waals surface area (Å²) >= 11 is 17.5. The Morgan fingerprint density at radius 2 is 1.64 bits per heavy atom. The highest BCUT2D eigenvalue weighted by atomic mass is 35.5. The molecule has 148 valence electrons. The van der Waals surface area contributed by atoms with Crippen molar-refractivity contribution in [2.24, 2.45) is 0 Å². The fourth-order valence-electron chi connectivity index (χ4n) is 2.98. The highest BCUT2D eigenvalue weighted by Gasteiger charge is 2.54. The van der Waals surface area contributed by atoms with Crippen molar-refractivity contribution in [3.8, 4) is 0 Å². The predicted octanol–water partition coefficient (Wildman–Crippen LogP) is -1.57. The zero-order chi connectivity index (χ0) is 18.8. The molecule has 2 aliphatic rings. The average molecular weight is 426 g/mol. The molecule has 11 heteroatoms. The quantitative estimate of drug-likeness (QED) is 0.309. The zero-order valence-corrected chi connectivity index (χ0v) is 15.5. The van der Waals surface area contributed by atoms with E-state index in [0.29, 0.717) is 0 Å². The molecular weight excluding hydrogens is 403 g/mol. The van der Waals surface area contributed by atoms with Crippen LogP contribution >= 0.6 is 34.8 Å². The first-order valence-electron chi connectivity index (χ1n) is 7.81. The normalized spacial score (nSPS) is 48.0. The molecule has 2 heterocycles. The van der Waals surface area contributed by atoms with Crippen LogP contribution in [-0.4, -0.2) is 111 Å². The van der Waals surface area contributed by atoms with Crippen LogP contribution in [-0.2, 0) is 14.2 Å². The number of hydrogen-bond donors (Lipinski definition) is 5. The smallest absolute Gasteiger partial charge is 0.134 e. The van der Waals surface area contributed by atoms with Crippen molar-refractivity contribution < 1.29 is 39.7 Å². The second-order valence-corrected chi connectivity index (χ2v) is 7.36. The van der Waals surface area contributed by atoms with Gasteiger partial charge in [-0.05, 0) is 0 Å². The third-order valence-corrected chi connectivity index (χ3v) is 5.87. The maximum absolute atomic E-state index is 10.2. The van der Waals surface area contributed by atoms with Crippen LogP contribution in [0.1, 0.15) is 0 Å². The SMILES string of the molecule is OCC1O[C@@H](COC[C@]2(CCl)O[C@@H](CCl)C(O)[C@H]2O)C(O)[C@@H](O)[C@H]1Cl. The molecule has 8 nitrogen and oxygen atoms in total. The first-order valence-corrected chi connectivity index (χ1v) is 9.32. The summed E-state index contributed by atoms with van der Waals surface area (Å²) in [6.07, 6.45) is -7.68. The van der Waals surface area contributed by atoms with Gasteiger partial charge < -0.3 is 39.7 Å². The molecular formula is C14H23Cl3O8. The van der Waals surface area contributed by atoms with Crippen LogP contribution in [0.2, 0.25) is 0 Å². The third kappa shape index (κ3) is 4.35. The van der Waals surface area contributed by atoms with Gasteiger partial charge in [0, 0.05) is 0 Å². The van der Waals surface area contributed by atoms with E-state index in [1.165, 1.54) is 0 Å². The van der Waals surface area contributed by atoms with Gasteiger partial charge in [-0.1, -0.05) is 0 Å². The molecule has 2 saturated heterocycles. The first-order chi connectivity index (χ1) is 11.8. The standard InChI is InChI=1S/C14H23Cl3O8/c15-1-6-11(20)13(22)14(4-16,25-6)5-23-3-8-10(19)12(21)9(17)7(2-18)24-8/h6-13,18-22H,1-5H2/t6-,7?,8-,9-,10?,11?,12-,13+,14-/m0/s1. The summed E-state index contributed by atoms with van der Waals surface area (Å²) in [5.74, 6) is -0.179. The Labute approximate surface area is 160 Å². The van der Waals surface area contributed by atoms with E-state index >= 15 is 0 Å². The number of aliphatic hydroxyl groups is 5. The molecule has 0 aromatic heterocycles. The summed E-state index contributed by atoms with van der Waals surface area (Å²) < 4.78 is 16.5. The van der Waals surface area contributed by atoms with Crippen molar-refractivity contribution in [1.82, 2.24) is 0 Å². The second-order valence-electron chi connectivity index (χ2n) is 6.28. The molecule has 0 spiro atoms. The van der Waals surface area contributed by atoms with Crippen LogP contribution in [0.25, 0.3) is 0 Å². The second kappa shape index (κ2) is 9.16. The number of alkyl halides is 3. The largest absolute Gasteiger partial charge is 0.394 e. The molecule has 2 aliphatic heterocycles. The van der Waals surface area contributed by atoms with E-state index < -0.39 is 60.3 Å². The molecule has 9 atom stereocenters. The molecule has 0 bridgehead atoms. The fourth-order valence-corrected chi connectivity index (χ4v) is 3.82. The lowest BCUT2D eigenvalue weighted by Crippen LogP contribution is -2.58. The Kier molecular flexibility index (Phi) is 8.01. The van der Waals surface area contributed by atoms with E-state index in [4.69, 9.17) is 49.0 Å². The minimum absolute atomic E-state index is 0.0250. The molecule has 5 N–H and O–H groups in total. The molecule has 0 aromatic rings. The van der Waals surface area contributed by atoms with Gasteiger partial charge in [-0.15, -0.1) is 34.8 Å². The molecule has 25 heavy (non-hydrogen) atoms. The fraction of sp³-hybridized carbons (Fsp3) is 1.00. The lowest BCUT2D eigenvalue weighted by molar-refractivity contribution is -0.198. The number of hydrogen-bond acceptors (Lipinski definition) is 8. The Hall–Kier alpha value is 0.550. The van der Waals surface area contributed by atoms with Crippen LogP contribution in [0.15, 0.2) is 0 Å². The molecule has 3 unspecified atom stereocenters. The molecule has 0 aliphatic carbocycles. The van der Waals surface area contributed by atoms with Crippen molar-refractivity contribution in [2.45, 2.75) is 53.7 Å². The number of halogens is 3. The molecule has 0 radical (unpaired) electrons. The van der Waals surface area contributed by atoms with Gasteiger partial charge >= 0.3 is 0 Å². The minimum atomic E-state index is -1.36. The maximum Gasteiger partial charge on any atom is 0.134 e. The van der Waals surface area contributed by atoms with Gasteiger partial charge in [0.2, 0.25) is 0 Å². The molecule has 2 rings (SSSR count). The molecule has 2 fully saturated rings. The predicted molar refractivity (Wildman–Crippen MR) is 89.3 cm³/mol. The van der Waals surface area contributed by atoms with Crippen LogP contribution in [0.4, 0.5) is 0 Å². The van der Waals surface area contributed by atoms with E-state index in [1.807, 2.05) is 0 Å². The summed E-state index contributed by atoms with van der Waals surface area (Å²) in [5, 5.41) is 48.3. The lowest BCUT2D eigenvalue weighted by Gasteiger charge is -2.40. The topological polar surface area (TPSA) is 129 Å². The van der Waals surface area contributed by atoms with Crippen molar-refractivity contribution >= 4 is 34.8 Å². The zero-order valence-electron chi connectivity index (χ0n) is 13.2. The monoisotopic (exact) mass is 424 g/mol. The maximum atomic E-state index is 10.2. The Morgan fingerprint density at radius 3 is 2.16 bits per heavy atom. The minimum Gasteiger partial charge on any atom is -0.394 e. The van der Waals surface area contributed by atoms with Gasteiger partial charge in [0.1, 0.15) is 48.3 Å². The summed E-state index contributed by atoms with van der Waals surface area (Å²) in [4.78, 5) is 0. The van der Waals surface area contributed by atoms with Crippen LogP contribution in [0, 0.1) is 0 Å². The van der Waals surface area contributed by atoms with E-state index in [2.05, 4.69) is 0 Å². The van der Waals surface area contributed by atoms with E-state index in [1.54, 1.807) is 0 Å². The summed E-state index contributed by atoms with van der Waals surface area (Å²) in [7, 11) is 0. The highest BCUT2D eigenvalue weighted by molar-refractivity contribution is 6.21. The van der Waals surface area contributed by atoms with Crippen molar-refractivity contribution in [1.29, 1.82) is 0 Å². The van der Waals surface area contributed by atoms with Crippen molar-refractivity contribution in [3.05, 3.63) is 0 Å². The van der Waals surface area contributed by atoms with Gasteiger partial charge in [-0.2, -0.15) is 0 Å². The number of ether oxygens (including phenoxy) is 3. The van der Waals surface area contributed by atoms with Crippen LogP contribution in [0.3, 0.4) is 0 Å². The first kappa shape index (κ1) is 21.8. The summed E-state index contributed by atoms with van der Waals surface area (Å²) in [6, 6.07) is 0. The van der Waals surface area contributed by atoms with Crippen LogP contribution in [0.5, 0.6) is 0 Å². The third-order valence-electron chi connectivity index (χ3n) is 4.58.